The van der Waals surface area contributed by atoms with Gasteiger partial charge < -0.3 is 0 Å². The van der Waals surface area contributed by atoms with E-state index >= 15 is 0 Å². The van der Waals surface area contributed by atoms with E-state index in [9.17, 15) is 26.9 Å². The number of sulfonamides is 1. The molecular formula is C13H17ClN2O6S2. The van der Waals surface area contributed by atoms with E-state index in [1.165, 1.54) is 6.07 Å². The van der Waals surface area contributed by atoms with Crippen LogP contribution in [0.3, 0.4) is 0 Å². The highest BCUT2D eigenvalue weighted by molar-refractivity contribution is 7.92. The molecule has 0 unspecified atom stereocenters. The maximum absolute atomic E-state index is 12.9. The van der Waals surface area contributed by atoms with Crippen LogP contribution < -0.4 is 0 Å². The highest BCUT2D eigenvalue weighted by Crippen LogP contribution is 2.30. The van der Waals surface area contributed by atoms with E-state index in [-0.39, 0.29) is 34.4 Å². The lowest BCUT2D eigenvalue weighted by Gasteiger charge is -2.26. The molecule has 1 aromatic carbocycles. The minimum Gasteiger partial charge on any atom is -0.258 e. The van der Waals surface area contributed by atoms with Crippen LogP contribution in [0.5, 0.6) is 0 Å². The maximum Gasteiger partial charge on any atom is 0.289 e. The molecule has 0 saturated carbocycles. The summed E-state index contributed by atoms with van der Waals surface area (Å²) in [4.78, 5) is 9.95. The molecule has 1 fully saturated rings. The van der Waals surface area contributed by atoms with Crippen LogP contribution in [0.15, 0.2) is 23.1 Å². The average Bonchev–Trinajstić information content (AvgIpc) is 2.84. The van der Waals surface area contributed by atoms with Crippen molar-refractivity contribution in [2.45, 2.75) is 30.7 Å². The highest BCUT2D eigenvalue weighted by Gasteiger charge is 2.38. The third kappa shape index (κ3) is 3.88. The zero-order chi connectivity index (χ0) is 18.1. The second kappa shape index (κ2) is 6.95. The van der Waals surface area contributed by atoms with E-state index in [1.807, 2.05) is 0 Å². The summed E-state index contributed by atoms with van der Waals surface area (Å²) in [5.74, 6) is -0.296. The monoisotopic (exact) mass is 396 g/mol. The number of benzene rings is 1. The van der Waals surface area contributed by atoms with Gasteiger partial charge in [-0.15, -0.1) is 0 Å². The lowest BCUT2D eigenvalue weighted by atomic mass is 10.2. The van der Waals surface area contributed by atoms with Gasteiger partial charge in [0.2, 0.25) is 10.0 Å². The number of nitro benzene ring substituents is 1. The van der Waals surface area contributed by atoms with Crippen LogP contribution in [0, 0.1) is 10.1 Å². The van der Waals surface area contributed by atoms with E-state index in [1.54, 1.807) is 6.92 Å². The first-order valence-electron chi connectivity index (χ1n) is 7.24. The minimum atomic E-state index is -4.06. The first kappa shape index (κ1) is 19.1. The van der Waals surface area contributed by atoms with E-state index in [0.29, 0.717) is 6.42 Å². The summed E-state index contributed by atoms with van der Waals surface area (Å²) in [7, 11) is -7.33. The van der Waals surface area contributed by atoms with Gasteiger partial charge in [0.1, 0.15) is 5.02 Å². The lowest BCUT2D eigenvalue weighted by Crippen LogP contribution is -2.41. The molecule has 0 radical (unpaired) electrons. The molecule has 1 aliphatic rings. The van der Waals surface area contributed by atoms with Crippen molar-refractivity contribution in [3.05, 3.63) is 33.3 Å². The summed E-state index contributed by atoms with van der Waals surface area (Å²) in [5.41, 5.74) is -0.506. The van der Waals surface area contributed by atoms with E-state index in [0.717, 1.165) is 16.4 Å². The van der Waals surface area contributed by atoms with Crippen LogP contribution in [0.4, 0.5) is 5.69 Å². The Balaban J connectivity index is 2.46. The van der Waals surface area contributed by atoms with Crippen LogP contribution >= 0.6 is 11.6 Å². The van der Waals surface area contributed by atoms with Crippen LogP contribution in [0.1, 0.15) is 19.8 Å². The summed E-state index contributed by atoms with van der Waals surface area (Å²) in [5, 5.41) is 10.8. The van der Waals surface area contributed by atoms with Gasteiger partial charge in [0, 0.05) is 18.7 Å². The Kier molecular flexibility index (Phi) is 5.53. The Morgan fingerprint density at radius 1 is 1.42 bits per heavy atom. The van der Waals surface area contributed by atoms with E-state index in [2.05, 4.69) is 0 Å². The fourth-order valence-electron chi connectivity index (χ4n) is 2.65. The Morgan fingerprint density at radius 3 is 2.58 bits per heavy atom. The standard InChI is InChI=1S/C13H17ClN2O6S2/c1-2-6-15(10-5-7-23(19,20)9-10)24(21,22)11-3-4-12(14)13(8-11)16(17)18/h3-4,8,10H,2,5-7,9H2,1H3/t10-/m0/s1. The van der Waals surface area contributed by atoms with Gasteiger partial charge in [-0.1, -0.05) is 18.5 Å². The Hall–Kier alpha value is -1.23. The van der Waals surface area contributed by atoms with Crippen LogP contribution in [-0.2, 0) is 19.9 Å². The Bertz CT molecular complexity index is 853. The third-order valence-corrected chi connectivity index (χ3v) is 7.80. The number of nitro groups is 1. The molecule has 134 valence electrons. The molecule has 0 aromatic heterocycles. The lowest BCUT2D eigenvalue weighted by molar-refractivity contribution is -0.384. The van der Waals surface area contributed by atoms with Gasteiger partial charge in [-0.25, -0.2) is 16.8 Å². The third-order valence-electron chi connectivity index (χ3n) is 3.78. The van der Waals surface area contributed by atoms with Gasteiger partial charge in [-0.2, -0.15) is 4.31 Å². The molecular weight excluding hydrogens is 380 g/mol. The molecule has 0 bridgehead atoms. The fourth-order valence-corrected chi connectivity index (χ4v) is 6.43. The predicted molar refractivity (Wildman–Crippen MR) is 89.3 cm³/mol. The van der Waals surface area contributed by atoms with Gasteiger partial charge in [0.25, 0.3) is 5.69 Å². The van der Waals surface area contributed by atoms with Gasteiger partial charge in [-0.3, -0.25) is 10.1 Å². The van der Waals surface area contributed by atoms with Crippen LogP contribution in [0.25, 0.3) is 0 Å². The Labute approximate surface area is 145 Å². The molecule has 1 atom stereocenters. The summed E-state index contributed by atoms with van der Waals surface area (Å²) in [6.07, 6.45) is 0.711. The van der Waals surface area contributed by atoms with Crippen molar-refractivity contribution < 1.29 is 21.8 Å². The number of rotatable bonds is 6. The smallest absolute Gasteiger partial charge is 0.258 e. The normalized spacial score (nSPS) is 20.4. The fraction of sp³-hybridized carbons (Fsp3) is 0.538. The van der Waals surface area contributed by atoms with Gasteiger partial charge in [0.05, 0.1) is 21.3 Å². The number of halogens is 1. The van der Waals surface area contributed by atoms with Crippen molar-refractivity contribution >= 4 is 37.1 Å². The average molecular weight is 397 g/mol. The molecule has 0 N–H and O–H groups in total. The quantitative estimate of drug-likeness (QED) is 0.535. The SMILES string of the molecule is CCCN([C@H]1CCS(=O)(=O)C1)S(=O)(=O)c1ccc(Cl)c([N+](=O)[O-])c1. The largest absolute Gasteiger partial charge is 0.289 e. The van der Waals surface area contributed by atoms with Gasteiger partial charge in [0.15, 0.2) is 9.84 Å². The van der Waals surface area contributed by atoms with Crippen molar-refractivity contribution in [1.82, 2.24) is 4.31 Å². The molecule has 0 spiro atoms. The number of nitrogens with zero attached hydrogens (tertiary/aromatic N) is 2. The van der Waals surface area contributed by atoms with Gasteiger partial charge >= 0.3 is 0 Å². The molecule has 8 nitrogen and oxygen atoms in total. The predicted octanol–water partition coefficient (Wildman–Crippen LogP) is 1.84. The van der Waals surface area contributed by atoms with Crippen LogP contribution in [0.2, 0.25) is 5.02 Å². The second-order valence-electron chi connectivity index (χ2n) is 5.54. The summed E-state index contributed by atoms with van der Waals surface area (Å²) in [6.45, 7) is 1.91. The van der Waals surface area contributed by atoms with Crippen molar-refractivity contribution in [2.24, 2.45) is 0 Å². The number of hydrogen-bond acceptors (Lipinski definition) is 6. The zero-order valence-electron chi connectivity index (χ0n) is 12.9. The van der Waals surface area contributed by atoms with Crippen LogP contribution in [-0.4, -0.2) is 50.2 Å². The molecule has 11 heteroatoms. The summed E-state index contributed by atoms with van der Waals surface area (Å²) < 4.78 is 50.2. The number of sulfone groups is 1. The minimum absolute atomic E-state index is 0.0613. The first-order chi connectivity index (χ1) is 11.1. The van der Waals surface area contributed by atoms with Crippen molar-refractivity contribution in [2.75, 3.05) is 18.1 Å². The van der Waals surface area contributed by atoms with Crippen molar-refractivity contribution in [1.29, 1.82) is 0 Å². The molecule has 2 rings (SSSR count). The zero-order valence-corrected chi connectivity index (χ0v) is 15.3. The molecule has 1 saturated heterocycles. The molecule has 1 aromatic rings. The Morgan fingerprint density at radius 2 is 2.08 bits per heavy atom. The topological polar surface area (TPSA) is 115 Å². The van der Waals surface area contributed by atoms with Gasteiger partial charge in [-0.05, 0) is 25.0 Å². The molecule has 1 heterocycles. The summed E-state index contributed by atoms with van der Waals surface area (Å²) >= 11 is 5.72. The molecule has 0 aliphatic carbocycles. The maximum atomic E-state index is 12.9. The first-order valence-corrected chi connectivity index (χ1v) is 10.9. The van der Waals surface area contributed by atoms with E-state index < -0.39 is 36.5 Å². The number of hydrogen-bond donors (Lipinski definition) is 0. The van der Waals surface area contributed by atoms with Crippen molar-refractivity contribution in [3.8, 4) is 0 Å². The second-order valence-corrected chi connectivity index (χ2v) is 10.1. The van der Waals surface area contributed by atoms with Crippen molar-refractivity contribution in [3.63, 3.8) is 0 Å². The summed E-state index contributed by atoms with van der Waals surface area (Å²) in [6, 6.07) is 2.59. The molecule has 1 aliphatic heterocycles. The molecule has 24 heavy (non-hydrogen) atoms. The van der Waals surface area contributed by atoms with E-state index in [4.69, 9.17) is 11.6 Å². The molecule has 0 amide bonds. The highest BCUT2D eigenvalue weighted by atomic mass is 35.5.